The number of fused-ring (bicyclic) bond motifs is 2. The Labute approximate surface area is 134 Å². The Bertz CT molecular complexity index is 757. The molecule has 0 saturated heterocycles. The molecule has 2 aromatic rings. The zero-order valence-corrected chi connectivity index (χ0v) is 12.9. The Hall–Kier alpha value is -2.66. The van der Waals surface area contributed by atoms with Crippen LogP contribution in [0.2, 0.25) is 0 Å². The highest BCUT2D eigenvalue weighted by Gasteiger charge is 2.33. The molecule has 3 rings (SSSR count). The average Bonchev–Trinajstić information content (AvgIpc) is 2.65. The lowest BCUT2D eigenvalue weighted by atomic mass is 9.97. The monoisotopic (exact) mass is 310 g/mol. The van der Waals surface area contributed by atoms with Gasteiger partial charge in [0.25, 0.3) is 5.91 Å². The first-order valence-electron chi connectivity index (χ1n) is 7.53. The van der Waals surface area contributed by atoms with E-state index < -0.39 is 5.91 Å². The van der Waals surface area contributed by atoms with Crippen LogP contribution >= 0.6 is 0 Å². The molecule has 23 heavy (non-hydrogen) atoms. The van der Waals surface area contributed by atoms with Crippen LogP contribution in [0.3, 0.4) is 0 Å². The number of carbonyl (C=O) groups is 2. The van der Waals surface area contributed by atoms with E-state index >= 15 is 0 Å². The minimum Gasteiger partial charge on any atom is -0.369 e. The van der Waals surface area contributed by atoms with E-state index in [0.717, 1.165) is 11.1 Å². The van der Waals surface area contributed by atoms with Gasteiger partial charge in [-0.15, -0.1) is 0 Å². The number of benzene rings is 2. The molecule has 1 aliphatic rings. The van der Waals surface area contributed by atoms with Crippen molar-refractivity contribution in [2.45, 2.75) is 13.0 Å². The van der Waals surface area contributed by atoms with E-state index in [1.807, 2.05) is 43.3 Å². The van der Waals surface area contributed by atoms with Crippen LogP contribution in [-0.4, -0.2) is 25.0 Å². The van der Waals surface area contributed by atoms with Crippen molar-refractivity contribution in [3.8, 4) is 0 Å². The van der Waals surface area contributed by atoms with E-state index in [0.29, 0.717) is 17.9 Å². The third kappa shape index (κ3) is 2.71. The van der Waals surface area contributed by atoms with Gasteiger partial charge < -0.3 is 10.5 Å². The summed E-state index contributed by atoms with van der Waals surface area (Å²) >= 11 is 0. The number of nitrogens with zero attached hydrogens (tertiary/aromatic N) is 1. The predicted octanol–water partition coefficient (Wildman–Crippen LogP) is 2.26. The summed E-state index contributed by atoms with van der Waals surface area (Å²) in [6.07, 6.45) is -0.353. The Balaban J connectivity index is 2.25. The maximum absolute atomic E-state index is 12.9. The second kappa shape index (κ2) is 6.22. The highest BCUT2D eigenvalue weighted by atomic mass is 16.5. The first kappa shape index (κ1) is 15.2. The van der Waals surface area contributed by atoms with E-state index in [1.165, 1.54) is 4.90 Å². The molecule has 0 spiro atoms. The van der Waals surface area contributed by atoms with E-state index in [-0.39, 0.29) is 18.6 Å². The summed E-state index contributed by atoms with van der Waals surface area (Å²) in [6, 6.07) is 14.8. The van der Waals surface area contributed by atoms with Crippen molar-refractivity contribution in [1.29, 1.82) is 0 Å². The molecule has 1 unspecified atom stereocenters. The molecule has 1 heterocycles. The fourth-order valence-corrected chi connectivity index (χ4v) is 2.96. The van der Waals surface area contributed by atoms with Gasteiger partial charge in [0.05, 0.1) is 5.69 Å². The van der Waals surface area contributed by atoms with Crippen LogP contribution in [0.15, 0.2) is 48.5 Å². The summed E-state index contributed by atoms with van der Waals surface area (Å²) in [6.45, 7) is 2.26. The van der Waals surface area contributed by atoms with Crippen LogP contribution in [0.1, 0.15) is 34.5 Å². The fraction of sp³-hybridized carbons (Fsp3) is 0.222. The first-order valence-corrected chi connectivity index (χ1v) is 7.53. The van der Waals surface area contributed by atoms with E-state index in [2.05, 4.69) is 0 Å². The smallest absolute Gasteiger partial charge is 0.259 e. The maximum atomic E-state index is 12.9. The second-order valence-electron chi connectivity index (χ2n) is 5.34. The number of nitrogens with two attached hydrogens (primary N) is 1. The molecule has 2 aromatic carbocycles. The Kier molecular flexibility index (Phi) is 4.12. The van der Waals surface area contributed by atoms with E-state index in [9.17, 15) is 9.59 Å². The van der Waals surface area contributed by atoms with Crippen LogP contribution in [0, 0.1) is 0 Å². The van der Waals surface area contributed by atoms with Crippen LogP contribution in [0.4, 0.5) is 5.69 Å². The summed E-state index contributed by atoms with van der Waals surface area (Å²) in [7, 11) is 0. The fourth-order valence-electron chi connectivity index (χ4n) is 2.96. The Morgan fingerprint density at radius 3 is 2.48 bits per heavy atom. The van der Waals surface area contributed by atoms with E-state index in [4.69, 9.17) is 10.5 Å². The Morgan fingerprint density at radius 2 is 1.78 bits per heavy atom. The molecule has 0 radical (unpaired) electrons. The minimum atomic E-state index is -0.555. The van der Waals surface area contributed by atoms with Gasteiger partial charge >= 0.3 is 0 Å². The standard InChI is InChI=1S/C18H18N2O3/c1-2-23-17-12-7-3-4-8-13(12)18(22)20(11-16(19)21)15-10-6-5-9-14(15)17/h3-10,17H,2,11H2,1H3,(H2,19,21). The molecular formula is C18H18N2O3. The Morgan fingerprint density at radius 1 is 1.13 bits per heavy atom. The number of carbonyl (C=O) groups excluding carboxylic acids is 2. The molecule has 0 aromatic heterocycles. The van der Waals surface area contributed by atoms with Crippen LogP contribution in [-0.2, 0) is 9.53 Å². The van der Waals surface area contributed by atoms with Gasteiger partial charge in [0.1, 0.15) is 12.6 Å². The number of ether oxygens (including phenoxy) is 1. The number of hydrogen-bond acceptors (Lipinski definition) is 3. The summed E-state index contributed by atoms with van der Waals surface area (Å²) in [4.78, 5) is 25.8. The minimum absolute atomic E-state index is 0.164. The summed E-state index contributed by atoms with van der Waals surface area (Å²) in [5.74, 6) is -0.797. The van der Waals surface area contributed by atoms with Crippen LogP contribution in [0.5, 0.6) is 0 Å². The lowest BCUT2D eigenvalue weighted by molar-refractivity contribution is -0.116. The molecule has 0 aliphatic carbocycles. The largest absolute Gasteiger partial charge is 0.369 e. The summed E-state index contributed by atoms with van der Waals surface area (Å²) in [5, 5.41) is 0. The number of para-hydroxylation sites is 1. The van der Waals surface area contributed by atoms with Gasteiger partial charge in [-0.1, -0.05) is 36.4 Å². The summed E-state index contributed by atoms with van der Waals surface area (Å²) < 4.78 is 5.92. The van der Waals surface area contributed by atoms with Crippen LogP contribution in [0.25, 0.3) is 0 Å². The molecule has 0 bridgehead atoms. The topological polar surface area (TPSA) is 72.6 Å². The molecule has 5 nitrogen and oxygen atoms in total. The molecule has 0 saturated carbocycles. The van der Waals surface area contributed by atoms with Crippen molar-refractivity contribution in [1.82, 2.24) is 0 Å². The van der Waals surface area contributed by atoms with Gasteiger partial charge in [-0.2, -0.15) is 0 Å². The molecule has 0 fully saturated rings. The van der Waals surface area contributed by atoms with E-state index in [1.54, 1.807) is 12.1 Å². The zero-order chi connectivity index (χ0) is 16.4. The van der Waals surface area contributed by atoms with Gasteiger partial charge in [-0.05, 0) is 24.6 Å². The van der Waals surface area contributed by atoms with Crippen molar-refractivity contribution in [2.75, 3.05) is 18.1 Å². The third-order valence-electron chi connectivity index (χ3n) is 3.88. The quantitative estimate of drug-likeness (QED) is 0.941. The molecule has 118 valence electrons. The molecule has 2 N–H and O–H groups in total. The molecule has 1 aliphatic heterocycles. The second-order valence-corrected chi connectivity index (χ2v) is 5.34. The van der Waals surface area contributed by atoms with Crippen molar-refractivity contribution in [3.05, 3.63) is 65.2 Å². The normalized spacial score (nSPS) is 16.5. The highest BCUT2D eigenvalue weighted by molar-refractivity contribution is 6.11. The molecular weight excluding hydrogens is 292 g/mol. The molecule has 5 heteroatoms. The number of rotatable bonds is 4. The number of amides is 2. The number of primary amides is 1. The van der Waals surface area contributed by atoms with Gasteiger partial charge in [-0.25, -0.2) is 0 Å². The number of hydrogen-bond donors (Lipinski definition) is 1. The molecule has 1 atom stereocenters. The lowest BCUT2D eigenvalue weighted by Crippen LogP contribution is -2.38. The lowest BCUT2D eigenvalue weighted by Gasteiger charge is -2.23. The van der Waals surface area contributed by atoms with Gasteiger partial charge in [-0.3, -0.25) is 14.5 Å². The number of anilines is 1. The van der Waals surface area contributed by atoms with Crippen molar-refractivity contribution in [2.24, 2.45) is 5.73 Å². The van der Waals surface area contributed by atoms with Crippen molar-refractivity contribution < 1.29 is 14.3 Å². The average molecular weight is 310 g/mol. The molecule has 2 amide bonds. The predicted molar refractivity (Wildman–Crippen MR) is 87.2 cm³/mol. The highest BCUT2D eigenvalue weighted by Crippen LogP contribution is 2.38. The van der Waals surface area contributed by atoms with Gasteiger partial charge in [0.15, 0.2) is 0 Å². The van der Waals surface area contributed by atoms with Crippen molar-refractivity contribution in [3.63, 3.8) is 0 Å². The summed E-state index contributed by atoms with van der Waals surface area (Å²) in [5.41, 5.74) is 8.19. The van der Waals surface area contributed by atoms with Gasteiger partial charge in [0.2, 0.25) is 5.91 Å². The maximum Gasteiger partial charge on any atom is 0.259 e. The zero-order valence-electron chi connectivity index (χ0n) is 12.9. The SMILES string of the molecule is CCOC1c2ccccc2C(=O)N(CC(N)=O)c2ccccc21. The van der Waals surface area contributed by atoms with Gasteiger partial charge in [0, 0.05) is 17.7 Å². The first-order chi connectivity index (χ1) is 11.1. The van der Waals surface area contributed by atoms with Crippen molar-refractivity contribution >= 4 is 17.5 Å². The third-order valence-corrected chi connectivity index (χ3v) is 3.88. The van der Waals surface area contributed by atoms with Crippen LogP contribution < -0.4 is 10.6 Å².